The smallest absolute Gasteiger partial charge is 0.128 e. The quantitative estimate of drug-likeness (QED) is 0.191. The number of ether oxygens (including phenoxy) is 1. The van der Waals surface area contributed by atoms with Crippen molar-refractivity contribution in [1.82, 2.24) is 0 Å². The summed E-state index contributed by atoms with van der Waals surface area (Å²) in [6.07, 6.45) is 0. The topological polar surface area (TPSA) is 9.23 Å². The average Bonchev–Trinajstić information content (AvgIpc) is 3.10. The molecular weight excluding hydrogens is 544 g/mol. The van der Waals surface area contributed by atoms with Crippen LogP contribution in [0.3, 0.4) is 0 Å². The van der Waals surface area contributed by atoms with Crippen molar-refractivity contribution in [3.05, 3.63) is 158 Å². The maximum Gasteiger partial charge on any atom is 0.128 e. The maximum absolute atomic E-state index is 6.55. The van der Waals surface area contributed by atoms with E-state index in [1.54, 1.807) is 0 Å². The van der Waals surface area contributed by atoms with E-state index in [0.29, 0.717) is 0 Å². The molecule has 10 aromatic rings. The van der Waals surface area contributed by atoms with Crippen molar-refractivity contribution in [2.24, 2.45) is 0 Å². The van der Waals surface area contributed by atoms with Gasteiger partial charge in [-0.2, -0.15) is 0 Å². The van der Waals surface area contributed by atoms with Crippen LogP contribution in [0.25, 0.3) is 86.9 Å². The SMILES string of the molecule is c1cc(Oc2cccc(-c3ccc4ccc5cccc6ccc3c4c56)c2)cc(-c2ccc3ccc4cccc5ccc2c3c45)c1. The van der Waals surface area contributed by atoms with Gasteiger partial charge in [0.05, 0.1) is 0 Å². The van der Waals surface area contributed by atoms with Crippen molar-refractivity contribution in [3.63, 3.8) is 0 Å². The van der Waals surface area contributed by atoms with Crippen molar-refractivity contribution in [3.8, 4) is 33.8 Å². The molecule has 0 heterocycles. The maximum atomic E-state index is 6.55. The molecule has 10 aromatic carbocycles. The highest BCUT2D eigenvalue weighted by Gasteiger charge is 2.14. The second kappa shape index (κ2) is 9.29. The fraction of sp³-hybridized carbons (Fsp3) is 0. The summed E-state index contributed by atoms with van der Waals surface area (Å²) in [5, 5.41) is 15.5. The van der Waals surface area contributed by atoms with Crippen LogP contribution in [-0.2, 0) is 0 Å². The van der Waals surface area contributed by atoms with E-state index in [9.17, 15) is 0 Å². The zero-order chi connectivity index (χ0) is 29.5. The Morgan fingerprint density at radius 2 is 0.644 bits per heavy atom. The molecule has 0 aliphatic carbocycles. The van der Waals surface area contributed by atoms with Gasteiger partial charge in [-0.1, -0.05) is 133 Å². The Balaban J connectivity index is 1.05. The molecule has 0 aliphatic heterocycles. The zero-order valence-electron chi connectivity index (χ0n) is 24.4. The zero-order valence-corrected chi connectivity index (χ0v) is 24.4. The van der Waals surface area contributed by atoms with E-state index >= 15 is 0 Å². The first-order valence-corrected chi connectivity index (χ1v) is 15.5. The summed E-state index contributed by atoms with van der Waals surface area (Å²) >= 11 is 0. The summed E-state index contributed by atoms with van der Waals surface area (Å²) in [7, 11) is 0. The molecule has 10 rings (SSSR count). The van der Waals surface area contributed by atoms with Crippen LogP contribution in [0.1, 0.15) is 0 Å². The van der Waals surface area contributed by atoms with Gasteiger partial charge in [-0.15, -0.1) is 0 Å². The Hall–Kier alpha value is -5.92. The Bertz CT molecular complexity index is 2510. The van der Waals surface area contributed by atoms with Crippen LogP contribution in [0.5, 0.6) is 11.5 Å². The van der Waals surface area contributed by atoms with Crippen molar-refractivity contribution in [2.45, 2.75) is 0 Å². The lowest BCUT2D eigenvalue weighted by Gasteiger charge is -2.15. The Morgan fingerprint density at radius 1 is 0.289 bits per heavy atom. The standard InChI is InChI=1S/C44H26O/c1-5-27-13-15-31-17-21-37(39-23-19-29(7-1)41(27)43(31)39)33-9-3-11-35(25-33)45-36-12-4-10-34(26-36)38-22-18-32-16-14-28-6-2-8-30-20-24-40(38)44(32)42(28)30/h1-26H. The second-order valence-electron chi connectivity index (χ2n) is 12.1. The van der Waals surface area contributed by atoms with Gasteiger partial charge >= 0.3 is 0 Å². The van der Waals surface area contributed by atoms with Gasteiger partial charge in [0.2, 0.25) is 0 Å². The monoisotopic (exact) mass is 570 g/mol. The number of hydrogen-bond acceptors (Lipinski definition) is 1. The van der Waals surface area contributed by atoms with Gasteiger partial charge < -0.3 is 4.74 Å². The highest BCUT2D eigenvalue weighted by molar-refractivity contribution is 6.26. The first kappa shape index (κ1) is 24.5. The van der Waals surface area contributed by atoms with Crippen molar-refractivity contribution < 1.29 is 4.74 Å². The summed E-state index contributed by atoms with van der Waals surface area (Å²) < 4.78 is 6.55. The first-order valence-electron chi connectivity index (χ1n) is 15.5. The molecule has 45 heavy (non-hydrogen) atoms. The molecule has 0 radical (unpaired) electrons. The Labute approximate surface area is 260 Å². The molecule has 0 amide bonds. The van der Waals surface area contributed by atoms with Gasteiger partial charge in [0.1, 0.15) is 11.5 Å². The lowest BCUT2D eigenvalue weighted by Crippen LogP contribution is -1.90. The molecule has 0 saturated carbocycles. The van der Waals surface area contributed by atoms with Gasteiger partial charge in [0, 0.05) is 0 Å². The molecule has 208 valence electrons. The summed E-state index contributed by atoms with van der Waals surface area (Å²) in [4.78, 5) is 0. The van der Waals surface area contributed by atoms with Crippen molar-refractivity contribution in [1.29, 1.82) is 0 Å². The lowest BCUT2D eigenvalue weighted by atomic mass is 9.90. The number of rotatable bonds is 4. The van der Waals surface area contributed by atoms with Gasteiger partial charge in [0.25, 0.3) is 0 Å². The number of hydrogen-bond donors (Lipinski definition) is 0. The molecule has 1 heteroatoms. The van der Waals surface area contributed by atoms with Crippen LogP contribution in [-0.4, -0.2) is 0 Å². The fourth-order valence-corrected chi connectivity index (χ4v) is 7.56. The van der Waals surface area contributed by atoms with E-state index < -0.39 is 0 Å². The van der Waals surface area contributed by atoms with E-state index in [0.717, 1.165) is 22.6 Å². The molecule has 0 spiro atoms. The van der Waals surface area contributed by atoms with Crippen LogP contribution < -0.4 is 4.74 Å². The van der Waals surface area contributed by atoms with Crippen LogP contribution in [0.15, 0.2) is 158 Å². The van der Waals surface area contributed by atoms with E-state index in [1.807, 2.05) is 12.1 Å². The highest BCUT2D eigenvalue weighted by Crippen LogP contribution is 2.42. The number of benzene rings is 10. The normalized spacial score (nSPS) is 12.0. The van der Waals surface area contributed by atoms with E-state index in [2.05, 4.69) is 146 Å². The second-order valence-corrected chi connectivity index (χ2v) is 12.1. The molecule has 0 aliphatic rings. The van der Waals surface area contributed by atoms with Crippen LogP contribution >= 0.6 is 0 Å². The van der Waals surface area contributed by atoms with Gasteiger partial charge in [0.15, 0.2) is 0 Å². The average molecular weight is 571 g/mol. The molecule has 0 bridgehead atoms. The molecule has 0 atom stereocenters. The largest absolute Gasteiger partial charge is 0.457 e. The predicted molar refractivity (Wildman–Crippen MR) is 191 cm³/mol. The van der Waals surface area contributed by atoms with E-state index in [1.165, 1.54) is 75.8 Å². The molecule has 0 fully saturated rings. The van der Waals surface area contributed by atoms with Gasteiger partial charge in [-0.25, -0.2) is 0 Å². The van der Waals surface area contributed by atoms with E-state index in [4.69, 9.17) is 4.74 Å². The fourth-order valence-electron chi connectivity index (χ4n) is 7.56. The Kier molecular flexibility index (Phi) is 5.06. The van der Waals surface area contributed by atoms with Gasteiger partial charge in [-0.05, 0) is 111 Å². The summed E-state index contributed by atoms with van der Waals surface area (Å²) in [5.74, 6) is 1.65. The minimum atomic E-state index is 0.825. The molecular formula is C44H26O. The van der Waals surface area contributed by atoms with Crippen LogP contribution in [0.2, 0.25) is 0 Å². The summed E-state index contributed by atoms with van der Waals surface area (Å²) in [5.41, 5.74) is 4.73. The molecule has 1 nitrogen and oxygen atoms in total. The first-order chi connectivity index (χ1) is 22.3. The molecule has 0 saturated heterocycles. The van der Waals surface area contributed by atoms with Gasteiger partial charge in [-0.3, -0.25) is 0 Å². The van der Waals surface area contributed by atoms with Crippen molar-refractivity contribution in [2.75, 3.05) is 0 Å². The van der Waals surface area contributed by atoms with E-state index in [-0.39, 0.29) is 0 Å². The van der Waals surface area contributed by atoms with Crippen LogP contribution in [0, 0.1) is 0 Å². The lowest BCUT2D eigenvalue weighted by molar-refractivity contribution is 0.483. The minimum Gasteiger partial charge on any atom is -0.457 e. The third-order valence-corrected chi connectivity index (χ3v) is 9.58. The molecule has 0 aromatic heterocycles. The third kappa shape index (κ3) is 3.68. The van der Waals surface area contributed by atoms with Crippen molar-refractivity contribution >= 4 is 64.6 Å². The summed E-state index contributed by atoms with van der Waals surface area (Å²) in [6.45, 7) is 0. The summed E-state index contributed by atoms with van der Waals surface area (Å²) in [6, 6.07) is 57.0. The third-order valence-electron chi connectivity index (χ3n) is 9.58. The molecule has 0 unspecified atom stereocenters. The molecule has 0 N–H and O–H groups in total. The minimum absolute atomic E-state index is 0.825. The van der Waals surface area contributed by atoms with Crippen LogP contribution in [0.4, 0.5) is 0 Å². The Morgan fingerprint density at radius 3 is 1.09 bits per heavy atom. The predicted octanol–water partition coefficient (Wildman–Crippen LogP) is 12.6. The highest BCUT2D eigenvalue weighted by atomic mass is 16.5.